The Balaban J connectivity index is 1.98. The lowest BCUT2D eigenvalue weighted by molar-refractivity contribution is -0.208. The number of alkyl halides is 3. The van der Waals surface area contributed by atoms with Crippen LogP contribution in [0.2, 0.25) is 5.02 Å². The molecule has 32 heavy (non-hydrogen) atoms. The predicted octanol–water partition coefficient (Wildman–Crippen LogP) is 4.33. The number of nitrogens with two attached hydrogens (primary N) is 1. The molecule has 1 aliphatic rings. The van der Waals surface area contributed by atoms with Crippen molar-refractivity contribution in [2.45, 2.75) is 37.6 Å². The molecule has 12 heteroatoms. The van der Waals surface area contributed by atoms with Crippen molar-refractivity contribution >= 4 is 23.4 Å². The first kappa shape index (κ1) is 23.7. The molecule has 0 saturated heterocycles. The molecule has 0 fully saturated rings. The Kier molecular flexibility index (Phi) is 6.32. The Bertz CT molecular complexity index is 1090. The summed E-state index contributed by atoms with van der Waals surface area (Å²) < 4.78 is 78.1. The molecule has 0 bridgehead atoms. The molecule has 3 rings (SSSR count). The highest BCUT2D eigenvalue weighted by atomic mass is 35.5. The van der Waals surface area contributed by atoms with Crippen molar-refractivity contribution in [3.8, 4) is 5.75 Å². The van der Waals surface area contributed by atoms with E-state index in [9.17, 15) is 26.7 Å². The van der Waals surface area contributed by atoms with Crippen molar-refractivity contribution in [3.63, 3.8) is 0 Å². The predicted molar refractivity (Wildman–Crippen MR) is 105 cm³/mol. The maximum atomic E-state index is 14.6. The van der Waals surface area contributed by atoms with Crippen molar-refractivity contribution in [2.75, 3.05) is 7.11 Å². The monoisotopic (exact) mass is 477 g/mol. The molecule has 172 valence electrons. The molecule has 2 atom stereocenters. The molecule has 1 aromatic carbocycles. The number of amidine groups is 1. The van der Waals surface area contributed by atoms with E-state index >= 15 is 0 Å². The van der Waals surface area contributed by atoms with Gasteiger partial charge in [-0.15, -0.1) is 0 Å². The molecule has 2 aromatic rings. The molecule has 0 aliphatic carbocycles. The summed E-state index contributed by atoms with van der Waals surface area (Å²) in [6.07, 6.45) is -7.19. The largest absolute Gasteiger partial charge is 0.495 e. The van der Waals surface area contributed by atoms with Crippen LogP contribution in [-0.2, 0) is 16.7 Å². The number of aromatic nitrogens is 1. The minimum absolute atomic E-state index is 0.0115. The second kappa shape index (κ2) is 8.53. The van der Waals surface area contributed by atoms with Gasteiger partial charge in [0.25, 0.3) is 6.02 Å². The maximum absolute atomic E-state index is 14.6. The smallest absolute Gasteiger partial charge is 0.425 e. The first-order chi connectivity index (χ1) is 14.8. The minimum atomic E-state index is -4.80. The number of carbonyl (C=O) groups is 1. The molecule has 0 saturated carbocycles. The van der Waals surface area contributed by atoms with Crippen molar-refractivity contribution < 1.29 is 36.2 Å². The van der Waals surface area contributed by atoms with E-state index in [0.717, 1.165) is 12.1 Å². The van der Waals surface area contributed by atoms with E-state index in [4.69, 9.17) is 22.1 Å². The lowest BCUT2D eigenvalue weighted by atomic mass is 9.84. The average molecular weight is 478 g/mol. The summed E-state index contributed by atoms with van der Waals surface area (Å²) in [5.41, 5.74) is 2.86. The number of pyridine rings is 1. The van der Waals surface area contributed by atoms with E-state index < -0.39 is 59.7 Å². The summed E-state index contributed by atoms with van der Waals surface area (Å²) in [5.74, 6) is -3.07. The molecular weight excluding hydrogens is 461 g/mol. The normalized spacial score (nSPS) is 21.0. The number of hydrogen-bond donors (Lipinski definition) is 1. The highest BCUT2D eigenvalue weighted by molar-refractivity contribution is 6.33. The van der Waals surface area contributed by atoms with Crippen LogP contribution in [0.5, 0.6) is 5.75 Å². The number of Topliss-reactive ketones (excluding diaryl/α,β-unsaturated/α-hetero) is 1. The van der Waals surface area contributed by atoms with E-state index in [0.29, 0.717) is 5.75 Å². The van der Waals surface area contributed by atoms with Gasteiger partial charge in [0, 0.05) is 24.5 Å². The van der Waals surface area contributed by atoms with Gasteiger partial charge in [0.15, 0.2) is 23.5 Å². The molecule has 0 spiro atoms. The number of nitrogens with zero attached hydrogens (tertiary/aromatic N) is 2. The summed E-state index contributed by atoms with van der Waals surface area (Å²) >= 11 is 6.03. The third-order valence-corrected chi connectivity index (χ3v) is 5.20. The fourth-order valence-corrected chi connectivity index (χ4v) is 3.62. The number of ether oxygens (including phenoxy) is 2. The Morgan fingerprint density at radius 3 is 2.62 bits per heavy atom. The van der Waals surface area contributed by atoms with E-state index in [1.54, 1.807) is 0 Å². The lowest BCUT2D eigenvalue weighted by Crippen LogP contribution is -2.46. The fraction of sp³-hybridized carbons (Fsp3) is 0.350. The van der Waals surface area contributed by atoms with Gasteiger partial charge < -0.3 is 15.2 Å². The Morgan fingerprint density at radius 2 is 2.03 bits per heavy atom. The Morgan fingerprint density at radius 1 is 1.34 bits per heavy atom. The highest BCUT2D eigenvalue weighted by Crippen LogP contribution is 2.41. The van der Waals surface area contributed by atoms with Gasteiger partial charge in [-0.2, -0.15) is 13.2 Å². The Labute approximate surface area is 184 Å². The minimum Gasteiger partial charge on any atom is -0.495 e. The lowest BCUT2D eigenvalue weighted by Gasteiger charge is -2.36. The van der Waals surface area contributed by atoms with Crippen LogP contribution in [0.15, 0.2) is 29.4 Å². The molecule has 1 aliphatic heterocycles. The topological polar surface area (TPSA) is 86.8 Å². The standard InChI is InChI=1S/C20H17ClF5N3O3/c1-19(7-15(20(24,25)26)32-18(27)29-19)11-3-9(4-13(22)16(11)23)5-14(30)17-12(21)6-10(31-2)8-28-17/h3-4,6,8,15H,5,7H2,1-2H3,(H2,27,29)/t15-,19-/m0/s1. The van der Waals surface area contributed by atoms with Gasteiger partial charge in [0.1, 0.15) is 11.4 Å². The molecule has 0 amide bonds. The first-order valence-electron chi connectivity index (χ1n) is 9.14. The van der Waals surface area contributed by atoms with E-state index in [1.165, 1.54) is 26.3 Å². The van der Waals surface area contributed by atoms with Crippen LogP contribution in [0.3, 0.4) is 0 Å². The summed E-state index contributed by atoms with van der Waals surface area (Å²) in [6, 6.07) is 2.39. The highest BCUT2D eigenvalue weighted by Gasteiger charge is 2.50. The van der Waals surface area contributed by atoms with Gasteiger partial charge in [-0.25, -0.2) is 18.8 Å². The molecular formula is C20H17ClF5N3O3. The fourth-order valence-electron chi connectivity index (χ4n) is 3.36. The van der Waals surface area contributed by atoms with Crippen molar-refractivity contribution in [3.05, 3.63) is 57.9 Å². The average Bonchev–Trinajstić information content (AvgIpc) is 2.68. The zero-order chi connectivity index (χ0) is 23.8. The molecule has 2 heterocycles. The number of halogens is 6. The van der Waals surface area contributed by atoms with Crippen molar-refractivity contribution in [2.24, 2.45) is 10.7 Å². The van der Waals surface area contributed by atoms with Crippen molar-refractivity contribution in [1.82, 2.24) is 4.98 Å². The number of carbonyl (C=O) groups excluding carboxylic acids is 1. The van der Waals surface area contributed by atoms with Gasteiger partial charge in [0.05, 0.1) is 23.9 Å². The molecule has 0 unspecified atom stereocenters. The molecule has 1 aromatic heterocycles. The number of benzene rings is 1. The number of rotatable bonds is 5. The second-order valence-electron chi connectivity index (χ2n) is 7.32. The quantitative estimate of drug-likeness (QED) is 0.512. The number of hydrogen-bond acceptors (Lipinski definition) is 6. The van der Waals surface area contributed by atoms with Crippen LogP contribution < -0.4 is 10.5 Å². The zero-order valence-electron chi connectivity index (χ0n) is 16.8. The number of ketones is 1. The van der Waals surface area contributed by atoms with Gasteiger partial charge >= 0.3 is 6.18 Å². The number of methoxy groups -OCH3 is 1. The second-order valence-corrected chi connectivity index (χ2v) is 7.73. The van der Waals surface area contributed by atoms with Crippen LogP contribution in [0.4, 0.5) is 22.0 Å². The summed E-state index contributed by atoms with van der Waals surface area (Å²) in [5, 5.41) is -0.0149. The van der Waals surface area contributed by atoms with Gasteiger partial charge in [-0.3, -0.25) is 4.79 Å². The Hall–Kier alpha value is -2.95. The number of aliphatic imine (C=N–C) groups is 1. The molecule has 6 nitrogen and oxygen atoms in total. The maximum Gasteiger partial charge on any atom is 0.425 e. The zero-order valence-corrected chi connectivity index (χ0v) is 17.5. The first-order valence-corrected chi connectivity index (χ1v) is 9.51. The third kappa shape index (κ3) is 4.77. The summed E-state index contributed by atoms with van der Waals surface area (Å²) in [4.78, 5) is 20.3. The SMILES string of the molecule is COc1cnc(C(=O)Cc2cc(F)c(F)c([C@]3(C)C[C@@H](C(F)(F)F)OC(N)=N3)c2)c(Cl)c1. The van der Waals surface area contributed by atoms with Crippen molar-refractivity contribution in [1.29, 1.82) is 0 Å². The van der Waals surface area contributed by atoms with Crippen LogP contribution in [0, 0.1) is 11.6 Å². The van der Waals surface area contributed by atoms with E-state index in [-0.39, 0.29) is 16.3 Å². The van der Waals surface area contributed by atoms with Gasteiger partial charge in [-0.1, -0.05) is 11.6 Å². The van der Waals surface area contributed by atoms with Crippen LogP contribution in [0.1, 0.15) is 35.0 Å². The van der Waals surface area contributed by atoms with E-state index in [2.05, 4.69) is 14.7 Å². The summed E-state index contributed by atoms with van der Waals surface area (Å²) in [7, 11) is 1.38. The third-order valence-electron chi connectivity index (χ3n) is 4.92. The van der Waals surface area contributed by atoms with Crippen LogP contribution in [0.25, 0.3) is 0 Å². The van der Waals surface area contributed by atoms with Gasteiger partial charge in [0.2, 0.25) is 0 Å². The molecule has 2 N–H and O–H groups in total. The molecule has 0 radical (unpaired) electrons. The summed E-state index contributed by atoms with van der Waals surface area (Å²) in [6.45, 7) is 1.17. The van der Waals surface area contributed by atoms with Crippen LogP contribution >= 0.6 is 11.6 Å². The van der Waals surface area contributed by atoms with E-state index in [1.807, 2.05) is 0 Å². The van der Waals surface area contributed by atoms with Crippen LogP contribution in [-0.4, -0.2) is 36.2 Å². The van der Waals surface area contributed by atoms with Gasteiger partial charge in [-0.05, 0) is 24.6 Å².